The topological polar surface area (TPSA) is 26.3 Å². The van der Waals surface area contributed by atoms with Gasteiger partial charge in [-0.25, -0.2) is 0 Å². The number of hydrogen-bond acceptors (Lipinski definition) is 2. The van der Waals surface area contributed by atoms with Gasteiger partial charge in [-0.05, 0) is 11.8 Å². The zero-order chi connectivity index (χ0) is 5.56. The maximum Gasteiger partial charge on any atom is 0.123 e. The molecule has 2 aliphatic rings. The molecule has 8 heavy (non-hydrogen) atoms. The molecule has 2 fully saturated rings. The number of fused-ring (bicyclic) bond motifs is 1. The van der Waals surface area contributed by atoms with E-state index in [-0.39, 0.29) is 0 Å². The number of ether oxygens (including phenoxy) is 1. The largest absolute Gasteiger partial charge is 0.381 e. The highest BCUT2D eigenvalue weighted by Crippen LogP contribution is 2.48. The van der Waals surface area contributed by atoms with Gasteiger partial charge in [0.15, 0.2) is 0 Å². The molecule has 44 valence electrons. The lowest BCUT2D eigenvalue weighted by atomic mass is 10.3. The zero-order valence-electron chi connectivity index (χ0n) is 4.54. The van der Waals surface area contributed by atoms with Crippen molar-refractivity contribution >= 4 is 6.29 Å². The van der Waals surface area contributed by atoms with Crippen LogP contribution >= 0.6 is 0 Å². The Hall–Kier alpha value is -0.370. The van der Waals surface area contributed by atoms with Crippen molar-refractivity contribution in [2.24, 2.45) is 17.8 Å². The van der Waals surface area contributed by atoms with E-state index in [0.29, 0.717) is 17.8 Å². The van der Waals surface area contributed by atoms with Crippen LogP contribution in [0, 0.1) is 17.8 Å². The smallest absolute Gasteiger partial charge is 0.123 e. The fourth-order valence-corrected chi connectivity index (χ4v) is 1.49. The predicted octanol–water partition coefficient (Wildman–Crippen LogP) is 0.0777. The number of carbonyl (C=O) groups is 1. The first kappa shape index (κ1) is 4.50. The molecule has 0 unspecified atom stereocenters. The zero-order valence-corrected chi connectivity index (χ0v) is 4.54. The van der Waals surface area contributed by atoms with Gasteiger partial charge in [0.05, 0.1) is 13.2 Å². The first-order valence-electron chi connectivity index (χ1n) is 2.96. The van der Waals surface area contributed by atoms with E-state index in [2.05, 4.69) is 0 Å². The molecule has 1 saturated carbocycles. The van der Waals surface area contributed by atoms with E-state index < -0.39 is 0 Å². The van der Waals surface area contributed by atoms with Crippen molar-refractivity contribution in [2.45, 2.75) is 0 Å². The van der Waals surface area contributed by atoms with Crippen LogP contribution in [0.25, 0.3) is 0 Å². The minimum atomic E-state index is 0.365. The predicted molar refractivity (Wildman–Crippen MR) is 27.4 cm³/mol. The van der Waals surface area contributed by atoms with Gasteiger partial charge in [-0.3, -0.25) is 0 Å². The summed E-state index contributed by atoms with van der Waals surface area (Å²) in [7, 11) is 0. The fourth-order valence-electron chi connectivity index (χ4n) is 1.49. The normalized spacial score (nSPS) is 50.8. The SMILES string of the molecule is O=CC1[C@@H]2COC[C@@H]12. The lowest BCUT2D eigenvalue weighted by Gasteiger charge is -1.92. The maximum atomic E-state index is 10.1. The molecule has 0 bridgehead atoms. The van der Waals surface area contributed by atoms with Crippen molar-refractivity contribution in [1.29, 1.82) is 0 Å². The highest BCUT2D eigenvalue weighted by atomic mass is 16.5. The van der Waals surface area contributed by atoms with Gasteiger partial charge < -0.3 is 9.53 Å². The summed E-state index contributed by atoms with van der Waals surface area (Å²) in [6.45, 7) is 1.65. The molecule has 2 rings (SSSR count). The lowest BCUT2D eigenvalue weighted by Crippen LogP contribution is -1.97. The Labute approximate surface area is 47.8 Å². The standard InChI is InChI=1S/C6H8O2/c7-1-4-5-2-8-3-6(4)5/h1,4-6H,2-3H2/t5-,6-/m0/s1. The Balaban J connectivity index is 2.03. The Kier molecular flexibility index (Phi) is 0.742. The third kappa shape index (κ3) is 0.388. The molecule has 2 nitrogen and oxygen atoms in total. The quantitative estimate of drug-likeness (QED) is 0.449. The highest BCUT2D eigenvalue weighted by molar-refractivity contribution is 5.60. The Morgan fingerprint density at radius 2 is 2.00 bits per heavy atom. The van der Waals surface area contributed by atoms with Crippen molar-refractivity contribution in [3.63, 3.8) is 0 Å². The summed E-state index contributed by atoms with van der Waals surface area (Å²) in [6.07, 6.45) is 1.07. The molecule has 1 aliphatic carbocycles. The molecule has 0 N–H and O–H groups in total. The van der Waals surface area contributed by atoms with Crippen molar-refractivity contribution < 1.29 is 9.53 Å². The number of aldehydes is 1. The second-order valence-electron chi connectivity index (χ2n) is 2.58. The Morgan fingerprint density at radius 1 is 1.38 bits per heavy atom. The van der Waals surface area contributed by atoms with Crippen LogP contribution in [0.1, 0.15) is 0 Å². The summed E-state index contributed by atoms with van der Waals surface area (Å²) in [4.78, 5) is 10.1. The highest BCUT2D eigenvalue weighted by Gasteiger charge is 2.53. The van der Waals surface area contributed by atoms with Gasteiger partial charge in [-0.1, -0.05) is 0 Å². The van der Waals surface area contributed by atoms with Gasteiger partial charge in [0.25, 0.3) is 0 Å². The summed E-state index contributed by atoms with van der Waals surface area (Å²) in [6, 6.07) is 0. The first-order valence-corrected chi connectivity index (χ1v) is 2.96. The minimum Gasteiger partial charge on any atom is -0.381 e. The molecule has 1 heterocycles. The van der Waals surface area contributed by atoms with Crippen LogP contribution in [-0.2, 0) is 9.53 Å². The monoisotopic (exact) mass is 112 g/mol. The van der Waals surface area contributed by atoms with Gasteiger partial charge in [0, 0.05) is 5.92 Å². The molecule has 1 aliphatic heterocycles. The summed E-state index contributed by atoms with van der Waals surface area (Å²) in [5.74, 6) is 1.57. The average Bonchev–Trinajstić information content (AvgIpc) is 2.22. The van der Waals surface area contributed by atoms with Gasteiger partial charge in [0.1, 0.15) is 6.29 Å². The Morgan fingerprint density at radius 3 is 2.38 bits per heavy atom. The molecule has 0 spiro atoms. The van der Waals surface area contributed by atoms with Crippen LogP contribution < -0.4 is 0 Å². The summed E-state index contributed by atoms with van der Waals surface area (Å²) in [5.41, 5.74) is 0. The third-order valence-corrected chi connectivity index (χ3v) is 2.18. The van der Waals surface area contributed by atoms with Crippen molar-refractivity contribution in [2.75, 3.05) is 13.2 Å². The van der Waals surface area contributed by atoms with Gasteiger partial charge >= 0.3 is 0 Å². The van der Waals surface area contributed by atoms with Gasteiger partial charge in [-0.15, -0.1) is 0 Å². The van der Waals surface area contributed by atoms with Gasteiger partial charge in [-0.2, -0.15) is 0 Å². The van der Waals surface area contributed by atoms with Crippen molar-refractivity contribution in [1.82, 2.24) is 0 Å². The van der Waals surface area contributed by atoms with E-state index in [1.165, 1.54) is 0 Å². The molecule has 1 saturated heterocycles. The maximum absolute atomic E-state index is 10.1. The van der Waals surface area contributed by atoms with Gasteiger partial charge in [0.2, 0.25) is 0 Å². The summed E-state index contributed by atoms with van der Waals surface area (Å²) in [5, 5.41) is 0. The van der Waals surface area contributed by atoms with E-state index in [9.17, 15) is 4.79 Å². The van der Waals surface area contributed by atoms with Crippen LogP contribution in [0.15, 0.2) is 0 Å². The summed E-state index contributed by atoms with van der Waals surface area (Å²) >= 11 is 0. The molecule has 0 radical (unpaired) electrons. The number of rotatable bonds is 1. The molecule has 0 aromatic carbocycles. The van der Waals surface area contributed by atoms with E-state index in [1.807, 2.05) is 0 Å². The molecule has 2 atom stereocenters. The molecular weight excluding hydrogens is 104 g/mol. The first-order chi connectivity index (χ1) is 3.93. The van der Waals surface area contributed by atoms with Crippen LogP contribution in [0.4, 0.5) is 0 Å². The molecule has 2 heteroatoms. The molecule has 0 aromatic rings. The summed E-state index contributed by atoms with van der Waals surface area (Å²) < 4.78 is 5.08. The lowest BCUT2D eigenvalue weighted by molar-refractivity contribution is -0.110. The van der Waals surface area contributed by atoms with Crippen LogP contribution in [0.2, 0.25) is 0 Å². The third-order valence-electron chi connectivity index (χ3n) is 2.18. The second-order valence-corrected chi connectivity index (χ2v) is 2.58. The van der Waals surface area contributed by atoms with Crippen LogP contribution in [0.3, 0.4) is 0 Å². The number of hydrogen-bond donors (Lipinski definition) is 0. The molecule has 0 aromatic heterocycles. The number of carbonyl (C=O) groups excluding carboxylic acids is 1. The minimum absolute atomic E-state index is 0.365. The van der Waals surface area contributed by atoms with E-state index >= 15 is 0 Å². The second kappa shape index (κ2) is 1.32. The van der Waals surface area contributed by atoms with Crippen molar-refractivity contribution in [3.05, 3.63) is 0 Å². The fraction of sp³-hybridized carbons (Fsp3) is 0.833. The Bertz CT molecular complexity index is 112. The van der Waals surface area contributed by atoms with Crippen molar-refractivity contribution in [3.8, 4) is 0 Å². The molecular formula is C6H8O2. The molecule has 0 amide bonds. The van der Waals surface area contributed by atoms with E-state index in [0.717, 1.165) is 19.5 Å². The van der Waals surface area contributed by atoms with E-state index in [1.54, 1.807) is 0 Å². The van der Waals surface area contributed by atoms with Crippen LogP contribution in [-0.4, -0.2) is 19.5 Å². The van der Waals surface area contributed by atoms with E-state index in [4.69, 9.17) is 4.74 Å². The van der Waals surface area contributed by atoms with Crippen LogP contribution in [0.5, 0.6) is 0 Å². The average molecular weight is 112 g/mol.